The van der Waals surface area contributed by atoms with E-state index in [1.54, 1.807) is 6.07 Å². The molecule has 2 N–H and O–H groups in total. The molecule has 0 aliphatic carbocycles. The molecule has 0 amide bonds. The summed E-state index contributed by atoms with van der Waals surface area (Å²) in [5.74, 6) is 1.49. The molecule has 2 aromatic carbocycles. The van der Waals surface area contributed by atoms with Crippen molar-refractivity contribution in [2.24, 2.45) is 0 Å². The minimum absolute atomic E-state index is 0.0277. The third-order valence-electron chi connectivity index (χ3n) is 4.45. The summed E-state index contributed by atoms with van der Waals surface area (Å²) in [4.78, 5) is 11.6. The van der Waals surface area contributed by atoms with E-state index in [0.717, 1.165) is 33.7 Å². The van der Waals surface area contributed by atoms with Gasteiger partial charge >= 0.3 is 5.63 Å². The molecule has 0 fully saturated rings. The van der Waals surface area contributed by atoms with Crippen molar-refractivity contribution < 1.29 is 13.9 Å². The molecule has 3 aromatic rings. The number of fused-ring (bicyclic) bond motifs is 2. The Morgan fingerprint density at radius 3 is 2.78 bits per heavy atom. The molecule has 0 spiro atoms. The first-order valence-electron chi connectivity index (χ1n) is 8.51. The summed E-state index contributed by atoms with van der Waals surface area (Å²) in [7, 11) is 0. The van der Waals surface area contributed by atoms with Crippen LogP contribution < -0.4 is 25.7 Å². The first kappa shape index (κ1) is 17.4. The molecule has 1 aliphatic heterocycles. The Kier molecular flexibility index (Phi) is 4.45. The number of hydrogen-bond donors (Lipinski definition) is 2. The van der Waals surface area contributed by atoms with E-state index in [4.69, 9.17) is 26.1 Å². The van der Waals surface area contributed by atoms with E-state index in [-0.39, 0.29) is 18.5 Å². The summed E-state index contributed by atoms with van der Waals surface area (Å²) in [6.45, 7) is 4.14. The standard InChI is InChI=1S/C20H18N2O4S/c1-11-7-19(23)26-17-9-14(4-5-15(11)17)22-20(27)21-12(2)13-3-6-16-18(8-13)25-10-24-16/h3-9,12H,10H2,1-2H3,(H2,21,22,27). The van der Waals surface area contributed by atoms with Gasteiger partial charge in [0.15, 0.2) is 16.6 Å². The van der Waals surface area contributed by atoms with Crippen LogP contribution in [0, 0.1) is 6.92 Å². The van der Waals surface area contributed by atoms with Crippen LogP contribution in [-0.2, 0) is 0 Å². The maximum absolute atomic E-state index is 11.6. The van der Waals surface area contributed by atoms with Gasteiger partial charge in [-0.05, 0) is 61.5 Å². The van der Waals surface area contributed by atoms with Crippen LogP contribution in [0.1, 0.15) is 24.1 Å². The summed E-state index contributed by atoms with van der Waals surface area (Å²) in [6.07, 6.45) is 0. The van der Waals surface area contributed by atoms with Gasteiger partial charge in [-0.1, -0.05) is 6.07 Å². The lowest BCUT2D eigenvalue weighted by Gasteiger charge is -2.18. The summed E-state index contributed by atoms with van der Waals surface area (Å²) < 4.78 is 16.0. The molecule has 138 valence electrons. The van der Waals surface area contributed by atoms with Gasteiger partial charge in [0.05, 0.1) is 6.04 Å². The number of benzene rings is 2. The van der Waals surface area contributed by atoms with Crippen molar-refractivity contribution in [2.45, 2.75) is 19.9 Å². The Morgan fingerprint density at radius 2 is 1.93 bits per heavy atom. The fourth-order valence-corrected chi connectivity index (χ4v) is 3.33. The Labute approximate surface area is 161 Å². The van der Waals surface area contributed by atoms with Crippen LogP contribution in [0.2, 0.25) is 0 Å². The molecule has 1 aliphatic rings. The highest BCUT2D eigenvalue weighted by molar-refractivity contribution is 7.80. The first-order chi connectivity index (χ1) is 13.0. The number of rotatable bonds is 3. The van der Waals surface area contributed by atoms with Crippen LogP contribution in [0.3, 0.4) is 0 Å². The largest absolute Gasteiger partial charge is 0.454 e. The Balaban J connectivity index is 1.47. The van der Waals surface area contributed by atoms with E-state index in [2.05, 4.69) is 10.6 Å². The predicted octanol–water partition coefficient (Wildman–Crippen LogP) is 3.88. The molecular formula is C20H18N2O4S. The molecule has 6 nitrogen and oxygen atoms in total. The van der Waals surface area contributed by atoms with Crippen molar-refractivity contribution in [3.05, 3.63) is 64.0 Å². The van der Waals surface area contributed by atoms with Crippen LogP contribution in [0.4, 0.5) is 5.69 Å². The van der Waals surface area contributed by atoms with Crippen molar-refractivity contribution in [3.8, 4) is 11.5 Å². The average Bonchev–Trinajstić information content (AvgIpc) is 3.08. The van der Waals surface area contributed by atoms with Crippen molar-refractivity contribution in [1.82, 2.24) is 5.32 Å². The third-order valence-corrected chi connectivity index (χ3v) is 4.67. The van der Waals surface area contributed by atoms with Crippen LogP contribution in [-0.4, -0.2) is 11.9 Å². The minimum atomic E-state index is -0.366. The third kappa shape index (κ3) is 3.59. The van der Waals surface area contributed by atoms with Gasteiger partial charge in [0.1, 0.15) is 5.58 Å². The van der Waals surface area contributed by atoms with Gasteiger partial charge in [-0.25, -0.2) is 4.79 Å². The Morgan fingerprint density at radius 1 is 1.11 bits per heavy atom. The molecule has 0 bridgehead atoms. The lowest BCUT2D eigenvalue weighted by atomic mass is 10.1. The predicted molar refractivity (Wildman–Crippen MR) is 108 cm³/mol. The van der Waals surface area contributed by atoms with Gasteiger partial charge in [-0.2, -0.15) is 0 Å². The number of aryl methyl sites for hydroxylation is 1. The summed E-state index contributed by atoms with van der Waals surface area (Å²) >= 11 is 5.42. The molecule has 7 heteroatoms. The maximum Gasteiger partial charge on any atom is 0.336 e. The van der Waals surface area contributed by atoms with Gasteiger partial charge in [-0.15, -0.1) is 0 Å². The zero-order chi connectivity index (χ0) is 19.0. The minimum Gasteiger partial charge on any atom is -0.454 e. The number of ether oxygens (including phenoxy) is 2. The van der Waals surface area contributed by atoms with Crippen molar-refractivity contribution in [2.75, 3.05) is 12.1 Å². The topological polar surface area (TPSA) is 72.7 Å². The van der Waals surface area contributed by atoms with E-state index < -0.39 is 0 Å². The number of nitrogens with one attached hydrogen (secondary N) is 2. The fourth-order valence-electron chi connectivity index (χ4n) is 3.03. The quantitative estimate of drug-likeness (QED) is 0.526. The zero-order valence-electron chi connectivity index (χ0n) is 14.9. The smallest absolute Gasteiger partial charge is 0.336 e. The van der Waals surface area contributed by atoms with Crippen LogP contribution in [0.5, 0.6) is 11.5 Å². The van der Waals surface area contributed by atoms with Crippen molar-refractivity contribution >= 4 is 34.0 Å². The molecule has 27 heavy (non-hydrogen) atoms. The number of thiocarbonyl (C=S) groups is 1. The van der Waals surface area contributed by atoms with Gasteiger partial charge in [0.2, 0.25) is 6.79 Å². The lowest BCUT2D eigenvalue weighted by Crippen LogP contribution is -2.30. The van der Waals surface area contributed by atoms with Crippen LogP contribution in [0.25, 0.3) is 11.0 Å². The second-order valence-electron chi connectivity index (χ2n) is 6.39. The van der Waals surface area contributed by atoms with E-state index in [9.17, 15) is 4.79 Å². The second kappa shape index (κ2) is 6.92. The molecular weight excluding hydrogens is 364 g/mol. The monoisotopic (exact) mass is 382 g/mol. The molecule has 1 atom stereocenters. The van der Waals surface area contributed by atoms with Crippen molar-refractivity contribution in [1.29, 1.82) is 0 Å². The Hall–Kier alpha value is -3.06. The highest BCUT2D eigenvalue weighted by Gasteiger charge is 2.16. The van der Waals surface area contributed by atoms with Crippen LogP contribution >= 0.6 is 12.2 Å². The maximum atomic E-state index is 11.6. The number of hydrogen-bond acceptors (Lipinski definition) is 5. The molecule has 2 heterocycles. The SMILES string of the molecule is Cc1cc(=O)oc2cc(NC(=S)NC(C)c3ccc4c(c3)OCO4)ccc12. The van der Waals surface area contributed by atoms with E-state index in [1.807, 2.05) is 44.2 Å². The highest BCUT2D eigenvalue weighted by Crippen LogP contribution is 2.34. The van der Waals surface area contributed by atoms with Gasteiger partial charge in [-0.3, -0.25) is 0 Å². The number of anilines is 1. The van der Waals surface area contributed by atoms with E-state index in [0.29, 0.717) is 10.7 Å². The van der Waals surface area contributed by atoms with Gasteiger partial charge < -0.3 is 24.5 Å². The van der Waals surface area contributed by atoms with Gasteiger partial charge in [0, 0.05) is 23.2 Å². The normalized spacial score (nSPS) is 13.4. The van der Waals surface area contributed by atoms with E-state index in [1.165, 1.54) is 6.07 Å². The molecule has 0 saturated heterocycles. The van der Waals surface area contributed by atoms with Crippen LogP contribution in [0.15, 0.2) is 51.7 Å². The first-order valence-corrected chi connectivity index (χ1v) is 8.92. The molecule has 1 unspecified atom stereocenters. The average molecular weight is 382 g/mol. The summed E-state index contributed by atoms with van der Waals surface area (Å²) in [5.41, 5.74) is 2.81. The lowest BCUT2D eigenvalue weighted by molar-refractivity contribution is 0.174. The molecule has 4 rings (SSSR count). The van der Waals surface area contributed by atoms with Gasteiger partial charge in [0.25, 0.3) is 0 Å². The summed E-state index contributed by atoms with van der Waals surface area (Å²) in [5, 5.41) is 7.73. The zero-order valence-corrected chi connectivity index (χ0v) is 15.7. The molecule has 0 radical (unpaired) electrons. The highest BCUT2D eigenvalue weighted by atomic mass is 32.1. The second-order valence-corrected chi connectivity index (χ2v) is 6.80. The fraction of sp³-hybridized carbons (Fsp3) is 0.200. The van der Waals surface area contributed by atoms with E-state index >= 15 is 0 Å². The molecule has 1 aromatic heterocycles. The Bertz CT molecular complexity index is 1090. The summed E-state index contributed by atoms with van der Waals surface area (Å²) in [6, 6.07) is 12.8. The van der Waals surface area contributed by atoms with Crippen molar-refractivity contribution in [3.63, 3.8) is 0 Å². The molecule has 0 saturated carbocycles.